The summed E-state index contributed by atoms with van der Waals surface area (Å²) in [5.41, 5.74) is 2.54. The second-order valence-electron chi connectivity index (χ2n) is 3.94. The quantitative estimate of drug-likeness (QED) is 0.732. The largest absolute Gasteiger partial charge is 0.493 e. The van der Waals surface area contributed by atoms with Crippen molar-refractivity contribution in [2.24, 2.45) is 5.92 Å². The average molecular weight is 271 g/mol. The number of rotatable bonds is 5. The van der Waals surface area contributed by atoms with Gasteiger partial charge in [-0.25, -0.2) is 0 Å². The highest BCUT2D eigenvalue weighted by molar-refractivity contribution is 9.09. The van der Waals surface area contributed by atoms with E-state index in [9.17, 15) is 0 Å². The van der Waals surface area contributed by atoms with E-state index in [2.05, 4.69) is 42.8 Å². The summed E-state index contributed by atoms with van der Waals surface area (Å²) in [7, 11) is 0. The molecule has 0 bridgehead atoms. The predicted molar refractivity (Wildman–Crippen MR) is 69.0 cm³/mol. The van der Waals surface area contributed by atoms with Gasteiger partial charge in [-0.15, -0.1) is 0 Å². The van der Waals surface area contributed by atoms with Gasteiger partial charge in [0, 0.05) is 11.2 Å². The van der Waals surface area contributed by atoms with Crippen LogP contribution < -0.4 is 4.74 Å². The molecule has 0 aliphatic rings. The molecular formula is C13H19BrO. The van der Waals surface area contributed by atoms with E-state index in [0.29, 0.717) is 5.92 Å². The third-order valence-corrected chi connectivity index (χ3v) is 3.74. The average Bonchev–Trinajstić information content (AvgIpc) is 2.25. The van der Waals surface area contributed by atoms with Gasteiger partial charge in [-0.2, -0.15) is 0 Å². The van der Waals surface area contributed by atoms with Crippen molar-refractivity contribution in [3.63, 3.8) is 0 Å². The number of ether oxygens (including phenoxy) is 1. The molecule has 0 saturated heterocycles. The fraction of sp³-hybridized carbons (Fsp3) is 0.538. The minimum atomic E-state index is 0.602. The number of hydrogen-bond donors (Lipinski definition) is 0. The highest BCUT2D eigenvalue weighted by Crippen LogP contribution is 2.21. The van der Waals surface area contributed by atoms with Crippen LogP contribution in [0.2, 0.25) is 0 Å². The number of benzene rings is 1. The van der Waals surface area contributed by atoms with Gasteiger partial charge < -0.3 is 4.74 Å². The topological polar surface area (TPSA) is 9.23 Å². The molecule has 0 spiro atoms. The normalized spacial score (nSPS) is 12.5. The van der Waals surface area contributed by atoms with E-state index in [-0.39, 0.29) is 0 Å². The summed E-state index contributed by atoms with van der Waals surface area (Å²) < 4.78 is 5.83. The van der Waals surface area contributed by atoms with Crippen LogP contribution in [0.25, 0.3) is 0 Å². The van der Waals surface area contributed by atoms with Crippen molar-refractivity contribution >= 4 is 15.9 Å². The lowest BCUT2D eigenvalue weighted by Gasteiger charge is -2.15. The molecular weight excluding hydrogens is 252 g/mol. The Morgan fingerprint density at radius 3 is 2.67 bits per heavy atom. The van der Waals surface area contributed by atoms with Crippen molar-refractivity contribution in [3.05, 3.63) is 29.3 Å². The summed E-state index contributed by atoms with van der Waals surface area (Å²) in [5, 5.41) is 1.01. The standard InChI is InChI=1S/C13H19BrO/c1-4-12(8-14)9-15-13-7-5-6-10(2)11(13)3/h5-7,12H,4,8-9H2,1-3H3. The minimum absolute atomic E-state index is 0.602. The Morgan fingerprint density at radius 2 is 2.07 bits per heavy atom. The number of aryl methyl sites for hydroxylation is 1. The highest BCUT2D eigenvalue weighted by Gasteiger charge is 2.07. The fourth-order valence-electron chi connectivity index (χ4n) is 1.36. The molecule has 1 unspecified atom stereocenters. The molecule has 0 heterocycles. The molecule has 0 amide bonds. The second-order valence-corrected chi connectivity index (χ2v) is 4.59. The van der Waals surface area contributed by atoms with Gasteiger partial charge in [0.1, 0.15) is 5.75 Å². The zero-order valence-corrected chi connectivity index (χ0v) is 11.3. The number of hydrogen-bond acceptors (Lipinski definition) is 1. The molecule has 0 N–H and O–H groups in total. The number of alkyl halides is 1. The molecule has 0 aliphatic heterocycles. The fourth-order valence-corrected chi connectivity index (χ4v) is 2.00. The van der Waals surface area contributed by atoms with Gasteiger partial charge in [0.05, 0.1) is 6.61 Å². The maximum Gasteiger partial charge on any atom is 0.122 e. The van der Waals surface area contributed by atoms with E-state index in [0.717, 1.165) is 24.1 Å². The summed E-state index contributed by atoms with van der Waals surface area (Å²) >= 11 is 3.50. The Kier molecular flexibility index (Phi) is 5.16. The van der Waals surface area contributed by atoms with Gasteiger partial charge in [-0.05, 0) is 37.5 Å². The zero-order chi connectivity index (χ0) is 11.3. The summed E-state index contributed by atoms with van der Waals surface area (Å²) in [5.74, 6) is 1.62. The Hall–Kier alpha value is -0.500. The highest BCUT2D eigenvalue weighted by atomic mass is 79.9. The van der Waals surface area contributed by atoms with Crippen molar-refractivity contribution in [1.82, 2.24) is 0 Å². The molecule has 1 rings (SSSR count). The van der Waals surface area contributed by atoms with E-state index in [1.807, 2.05) is 12.1 Å². The summed E-state index contributed by atoms with van der Waals surface area (Å²) in [6, 6.07) is 6.21. The van der Waals surface area contributed by atoms with Crippen LogP contribution in [0.4, 0.5) is 0 Å². The van der Waals surface area contributed by atoms with E-state index in [1.165, 1.54) is 11.1 Å². The van der Waals surface area contributed by atoms with E-state index in [1.54, 1.807) is 0 Å². The Morgan fingerprint density at radius 1 is 1.33 bits per heavy atom. The van der Waals surface area contributed by atoms with Crippen LogP contribution in [0.1, 0.15) is 24.5 Å². The molecule has 0 saturated carbocycles. The number of halogens is 1. The molecule has 0 fully saturated rings. The molecule has 2 heteroatoms. The first kappa shape index (κ1) is 12.6. The monoisotopic (exact) mass is 270 g/mol. The SMILES string of the molecule is CCC(CBr)COc1cccc(C)c1C. The lowest BCUT2D eigenvalue weighted by molar-refractivity contribution is 0.258. The van der Waals surface area contributed by atoms with Crippen molar-refractivity contribution in [2.75, 3.05) is 11.9 Å². The van der Waals surface area contributed by atoms with Crippen molar-refractivity contribution in [2.45, 2.75) is 27.2 Å². The maximum atomic E-state index is 5.83. The summed E-state index contributed by atoms with van der Waals surface area (Å²) in [6.45, 7) is 7.22. The Bertz CT molecular complexity index is 305. The van der Waals surface area contributed by atoms with E-state index < -0.39 is 0 Å². The predicted octanol–water partition coefficient (Wildman–Crippen LogP) is 4.10. The van der Waals surface area contributed by atoms with Gasteiger partial charge in [0.15, 0.2) is 0 Å². The van der Waals surface area contributed by atoms with Crippen molar-refractivity contribution in [1.29, 1.82) is 0 Å². The van der Waals surface area contributed by atoms with Crippen LogP contribution >= 0.6 is 15.9 Å². The molecule has 1 aromatic rings. The van der Waals surface area contributed by atoms with Gasteiger partial charge in [-0.3, -0.25) is 0 Å². The third kappa shape index (κ3) is 3.53. The smallest absolute Gasteiger partial charge is 0.122 e. The molecule has 1 nitrogen and oxygen atoms in total. The molecule has 84 valence electrons. The van der Waals surface area contributed by atoms with Crippen molar-refractivity contribution in [3.8, 4) is 5.75 Å². The van der Waals surface area contributed by atoms with Gasteiger partial charge in [0.2, 0.25) is 0 Å². The molecule has 0 aliphatic carbocycles. The summed E-state index contributed by atoms with van der Waals surface area (Å²) in [6.07, 6.45) is 1.15. The van der Waals surface area contributed by atoms with Crippen LogP contribution in [0, 0.1) is 19.8 Å². The van der Waals surface area contributed by atoms with Crippen molar-refractivity contribution < 1.29 is 4.74 Å². The maximum absolute atomic E-state index is 5.83. The Balaban J connectivity index is 2.61. The van der Waals surface area contributed by atoms with Crippen LogP contribution in [-0.2, 0) is 0 Å². The first-order valence-electron chi connectivity index (χ1n) is 5.44. The van der Waals surface area contributed by atoms with Crippen LogP contribution in [0.5, 0.6) is 5.75 Å². The van der Waals surface area contributed by atoms with Crippen LogP contribution in [0.3, 0.4) is 0 Å². The van der Waals surface area contributed by atoms with Gasteiger partial charge in [0.25, 0.3) is 0 Å². The van der Waals surface area contributed by atoms with E-state index >= 15 is 0 Å². The molecule has 1 atom stereocenters. The molecule has 0 aromatic heterocycles. The third-order valence-electron chi connectivity index (χ3n) is 2.83. The van der Waals surface area contributed by atoms with Gasteiger partial charge >= 0.3 is 0 Å². The lowest BCUT2D eigenvalue weighted by Crippen LogP contribution is -2.12. The molecule has 15 heavy (non-hydrogen) atoms. The first-order chi connectivity index (χ1) is 7.19. The Labute approximate surface area is 101 Å². The zero-order valence-electron chi connectivity index (χ0n) is 9.72. The first-order valence-corrected chi connectivity index (χ1v) is 6.56. The second kappa shape index (κ2) is 6.16. The lowest BCUT2D eigenvalue weighted by atomic mass is 10.1. The molecule has 0 radical (unpaired) electrons. The van der Waals surface area contributed by atoms with Crippen LogP contribution in [-0.4, -0.2) is 11.9 Å². The van der Waals surface area contributed by atoms with Gasteiger partial charge in [-0.1, -0.05) is 35.0 Å². The molecule has 1 aromatic carbocycles. The van der Waals surface area contributed by atoms with Crippen LogP contribution in [0.15, 0.2) is 18.2 Å². The minimum Gasteiger partial charge on any atom is -0.493 e. The van der Waals surface area contributed by atoms with E-state index in [4.69, 9.17) is 4.74 Å². The summed E-state index contributed by atoms with van der Waals surface area (Å²) in [4.78, 5) is 0.